The van der Waals surface area contributed by atoms with Crippen LogP contribution >= 0.6 is 0 Å². The van der Waals surface area contributed by atoms with Crippen molar-refractivity contribution in [1.29, 1.82) is 0 Å². The molecule has 2 heterocycles. The largest absolute Gasteiger partial charge is 0.481 e. The highest BCUT2D eigenvalue weighted by Crippen LogP contribution is 2.25. The molecule has 4 atom stereocenters. The van der Waals surface area contributed by atoms with Crippen molar-refractivity contribution in [1.82, 2.24) is 10.6 Å². The van der Waals surface area contributed by atoms with Crippen molar-refractivity contribution in [3.63, 3.8) is 0 Å². The number of carbonyl (C=O) groups excluding carboxylic acids is 1. The second-order valence-corrected chi connectivity index (χ2v) is 6.18. The average Bonchev–Trinajstić information content (AvgIpc) is 2.69. The number of hydrogen-bond acceptors (Lipinski definition) is 3. The van der Waals surface area contributed by atoms with Gasteiger partial charge in [-0.05, 0) is 12.8 Å². The number of carboxylic acids is 1. The van der Waals surface area contributed by atoms with Gasteiger partial charge in [-0.15, -0.1) is 0 Å². The van der Waals surface area contributed by atoms with Crippen LogP contribution < -0.4 is 10.6 Å². The molecule has 96 valence electrons. The average molecular weight is 260 g/mol. The number of carbonyl (C=O) groups is 2. The highest BCUT2D eigenvalue weighted by molar-refractivity contribution is 7.86. The van der Waals surface area contributed by atoms with Gasteiger partial charge in [0, 0.05) is 23.0 Å². The van der Waals surface area contributed by atoms with Gasteiger partial charge in [-0.25, -0.2) is 4.79 Å². The molecule has 0 bridgehead atoms. The molecule has 0 aromatic carbocycles. The first-order valence-corrected chi connectivity index (χ1v) is 7.12. The van der Waals surface area contributed by atoms with E-state index in [0.29, 0.717) is 18.6 Å². The lowest BCUT2D eigenvalue weighted by Crippen LogP contribution is -2.38. The number of hydrogen-bond donors (Lipinski definition) is 3. The Balaban J connectivity index is 1.81. The molecule has 7 heteroatoms. The van der Waals surface area contributed by atoms with Crippen molar-refractivity contribution in [3.05, 3.63) is 0 Å². The number of nitrogens with one attached hydrogen (secondary N) is 2. The highest BCUT2D eigenvalue weighted by atomic mass is 32.2. The Morgan fingerprint density at radius 3 is 2.88 bits per heavy atom. The smallest absolute Gasteiger partial charge is 0.315 e. The van der Waals surface area contributed by atoms with Crippen LogP contribution in [-0.4, -0.2) is 44.4 Å². The number of aliphatic carboxylic acids is 1. The molecule has 0 radical (unpaired) electrons. The van der Waals surface area contributed by atoms with Crippen LogP contribution in [0.5, 0.6) is 0 Å². The second-order valence-electron chi connectivity index (χ2n) is 4.48. The van der Waals surface area contributed by atoms with Gasteiger partial charge in [0.25, 0.3) is 0 Å². The highest BCUT2D eigenvalue weighted by Gasteiger charge is 2.46. The van der Waals surface area contributed by atoms with E-state index in [0.717, 1.165) is 6.42 Å². The predicted molar refractivity (Wildman–Crippen MR) is 62.1 cm³/mol. The van der Waals surface area contributed by atoms with Crippen molar-refractivity contribution in [2.24, 2.45) is 0 Å². The Hall–Kier alpha value is -1.11. The second kappa shape index (κ2) is 5.03. The maximum atomic E-state index is 11.8. The SMILES string of the molecule is O=C(O)CCCCC1[C@@H]2NC(=O)N[C@H]2CS1=O. The zero-order chi connectivity index (χ0) is 12.4. The molecular weight excluding hydrogens is 244 g/mol. The molecule has 2 fully saturated rings. The van der Waals surface area contributed by atoms with Crippen molar-refractivity contribution < 1.29 is 18.9 Å². The van der Waals surface area contributed by atoms with Crippen molar-refractivity contribution in [2.45, 2.75) is 43.0 Å². The molecule has 2 aliphatic rings. The zero-order valence-corrected chi connectivity index (χ0v) is 10.2. The van der Waals surface area contributed by atoms with Gasteiger partial charge in [-0.3, -0.25) is 9.00 Å². The van der Waals surface area contributed by atoms with Crippen molar-refractivity contribution in [3.8, 4) is 0 Å². The quantitative estimate of drug-likeness (QED) is 0.471. The fourth-order valence-electron chi connectivity index (χ4n) is 2.45. The monoisotopic (exact) mass is 260 g/mol. The van der Waals surface area contributed by atoms with Crippen LogP contribution in [0.15, 0.2) is 0 Å². The molecule has 17 heavy (non-hydrogen) atoms. The lowest BCUT2D eigenvalue weighted by molar-refractivity contribution is -0.137. The number of rotatable bonds is 5. The molecule has 0 aromatic rings. The summed E-state index contributed by atoms with van der Waals surface area (Å²) in [7, 11) is -0.923. The number of urea groups is 1. The van der Waals surface area contributed by atoms with Crippen molar-refractivity contribution >= 4 is 22.8 Å². The molecular formula is C10H16N2O4S. The summed E-state index contributed by atoms with van der Waals surface area (Å²) in [4.78, 5) is 21.5. The van der Waals surface area contributed by atoms with Gasteiger partial charge < -0.3 is 15.7 Å². The van der Waals surface area contributed by atoms with Crippen LogP contribution in [0.3, 0.4) is 0 Å². The minimum absolute atomic E-state index is 0.0205. The van der Waals surface area contributed by atoms with Gasteiger partial charge >= 0.3 is 12.0 Å². The number of fused-ring (bicyclic) bond motifs is 1. The van der Waals surface area contributed by atoms with Crippen LogP contribution in [0.25, 0.3) is 0 Å². The van der Waals surface area contributed by atoms with Gasteiger partial charge in [0.1, 0.15) is 0 Å². The van der Waals surface area contributed by atoms with E-state index in [1.54, 1.807) is 0 Å². The van der Waals surface area contributed by atoms with Crippen LogP contribution in [0, 0.1) is 0 Å². The van der Waals surface area contributed by atoms with Crippen LogP contribution in [0.2, 0.25) is 0 Å². The molecule has 2 unspecified atom stereocenters. The molecule has 2 saturated heterocycles. The maximum Gasteiger partial charge on any atom is 0.315 e. The Morgan fingerprint density at radius 2 is 2.18 bits per heavy atom. The normalized spacial score (nSPS) is 35.2. The molecule has 0 spiro atoms. The van der Waals surface area contributed by atoms with Crippen LogP contribution in [0.1, 0.15) is 25.7 Å². The molecule has 0 saturated carbocycles. The molecule has 0 aromatic heterocycles. The number of carboxylic acid groups (broad SMARTS) is 1. The molecule has 6 nitrogen and oxygen atoms in total. The first-order valence-electron chi connectivity index (χ1n) is 5.74. The summed E-state index contributed by atoms with van der Waals surface area (Å²) in [5.41, 5.74) is 0. The van der Waals surface area contributed by atoms with Crippen molar-refractivity contribution in [2.75, 3.05) is 5.75 Å². The van der Waals surface area contributed by atoms with Crippen LogP contribution in [0.4, 0.5) is 4.79 Å². The van der Waals surface area contributed by atoms with E-state index in [-0.39, 0.29) is 29.8 Å². The fourth-order valence-corrected chi connectivity index (χ4v) is 4.35. The summed E-state index contributed by atoms with van der Waals surface area (Å²) < 4.78 is 11.8. The lowest BCUT2D eigenvalue weighted by Gasteiger charge is -2.15. The minimum Gasteiger partial charge on any atom is -0.481 e. The third-order valence-corrected chi connectivity index (χ3v) is 5.15. The molecule has 3 N–H and O–H groups in total. The lowest BCUT2D eigenvalue weighted by atomic mass is 10.0. The molecule has 2 rings (SSSR count). The molecule has 2 aliphatic heterocycles. The molecule has 0 aliphatic carbocycles. The summed E-state index contributed by atoms with van der Waals surface area (Å²) >= 11 is 0. The van der Waals surface area contributed by atoms with E-state index < -0.39 is 16.8 Å². The van der Waals surface area contributed by atoms with E-state index in [2.05, 4.69) is 10.6 Å². The van der Waals surface area contributed by atoms with E-state index in [1.807, 2.05) is 0 Å². The fraction of sp³-hybridized carbons (Fsp3) is 0.800. The zero-order valence-electron chi connectivity index (χ0n) is 9.35. The summed E-state index contributed by atoms with van der Waals surface area (Å²) in [6.07, 6.45) is 2.20. The Morgan fingerprint density at radius 1 is 1.41 bits per heavy atom. The van der Waals surface area contributed by atoms with Gasteiger partial charge in [-0.1, -0.05) is 6.42 Å². The standard InChI is InChI=1S/C10H16N2O4S/c13-8(14)4-2-1-3-7-9-6(5-17(7)16)11-10(15)12-9/h6-7,9H,1-5H2,(H,13,14)(H2,11,12,15)/t6-,7?,9+,17?/m0/s1. The predicted octanol–water partition coefficient (Wildman–Crippen LogP) is -0.188. The summed E-state index contributed by atoms with van der Waals surface area (Å²) in [5.74, 6) is -0.293. The topological polar surface area (TPSA) is 95.5 Å². The van der Waals surface area contributed by atoms with E-state index in [9.17, 15) is 13.8 Å². The first-order chi connectivity index (χ1) is 8.08. The summed E-state index contributed by atoms with van der Waals surface area (Å²) in [5, 5.41) is 14.0. The van der Waals surface area contributed by atoms with E-state index in [1.165, 1.54) is 0 Å². The Bertz CT molecular complexity index is 360. The summed E-state index contributed by atoms with van der Waals surface area (Å²) in [6.45, 7) is 0. The third-order valence-electron chi connectivity index (χ3n) is 3.26. The molecule has 2 amide bonds. The maximum absolute atomic E-state index is 11.8. The number of unbranched alkanes of at least 4 members (excludes halogenated alkanes) is 1. The number of amides is 2. The van der Waals surface area contributed by atoms with Gasteiger partial charge in [0.05, 0.1) is 17.3 Å². The van der Waals surface area contributed by atoms with Gasteiger partial charge in [0.2, 0.25) is 0 Å². The summed E-state index contributed by atoms with van der Waals surface area (Å²) in [6, 6.07) is -0.256. The van der Waals surface area contributed by atoms with E-state index in [4.69, 9.17) is 5.11 Å². The first kappa shape index (κ1) is 12.3. The van der Waals surface area contributed by atoms with Crippen LogP contribution in [-0.2, 0) is 15.6 Å². The van der Waals surface area contributed by atoms with Gasteiger partial charge in [0.15, 0.2) is 0 Å². The van der Waals surface area contributed by atoms with E-state index >= 15 is 0 Å². The van der Waals surface area contributed by atoms with Gasteiger partial charge in [-0.2, -0.15) is 0 Å². The minimum atomic E-state index is -0.923. The Kier molecular flexibility index (Phi) is 3.66. The third kappa shape index (κ3) is 2.77. The Labute approximate surface area is 102 Å².